The predicted molar refractivity (Wildman–Crippen MR) is 164 cm³/mol. The molecular formula is C36H41F2NO6. The van der Waals surface area contributed by atoms with Crippen LogP contribution in [0.5, 0.6) is 0 Å². The maximum Gasteiger partial charge on any atom is 0.193 e. The van der Waals surface area contributed by atoms with E-state index in [1.54, 1.807) is 13.8 Å². The first-order chi connectivity index (χ1) is 21.4. The van der Waals surface area contributed by atoms with E-state index in [1.807, 2.05) is 43.4 Å². The summed E-state index contributed by atoms with van der Waals surface area (Å²) in [5.74, 6) is -2.11. The van der Waals surface area contributed by atoms with Crippen LogP contribution >= 0.6 is 0 Å². The van der Waals surface area contributed by atoms with Crippen molar-refractivity contribution in [2.75, 3.05) is 19.0 Å². The average molecular weight is 622 g/mol. The third-order valence-corrected chi connectivity index (χ3v) is 11.9. The third-order valence-electron chi connectivity index (χ3n) is 11.9. The molecular weight excluding hydrogens is 580 g/mol. The Bertz CT molecular complexity index is 1550. The van der Waals surface area contributed by atoms with Gasteiger partial charge in [-0.25, -0.2) is 8.78 Å². The number of carbonyl (C=O) groups is 1. The molecule has 0 aromatic heterocycles. The molecule has 4 unspecified atom stereocenters. The van der Waals surface area contributed by atoms with Crippen LogP contribution in [0.25, 0.3) is 0 Å². The first-order valence-corrected chi connectivity index (χ1v) is 15.8. The van der Waals surface area contributed by atoms with Crippen molar-refractivity contribution >= 4 is 11.5 Å². The van der Waals surface area contributed by atoms with Gasteiger partial charge in [0.15, 0.2) is 23.3 Å². The second-order valence-corrected chi connectivity index (χ2v) is 14.0. The van der Waals surface area contributed by atoms with Gasteiger partial charge in [0.25, 0.3) is 0 Å². The Morgan fingerprint density at radius 3 is 2.33 bits per heavy atom. The van der Waals surface area contributed by atoms with Crippen LogP contribution in [-0.4, -0.2) is 70.5 Å². The maximum atomic E-state index is 17.6. The summed E-state index contributed by atoms with van der Waals surface area (Å²) in [6, 6.07) is 16.0. The third kappa shape index (κ3) is 4.13. The standard InChI is InChI=1S/C36H41F2NO6/c1-33-13-12-24(41)15-27(33)28(37)16-26-25-17-31-36(30(43)19-40,34(25,2)18-29(42)35(26,33)38)45-32(44-31)22-8-4-20(5-9-22)14-21-6-10-23(39-3)11-7-21/h4-13,15,24-26,28-29,31-32,39-42H,14,16-19H2,1-3H3/t24?,25-,26?,28-,29?,31+,32+,33-,34?,35-,36+/m0/s1. The van der Waals surface area contributed by atoms with Crippen LogP contribution in [-0.2, 0) is 20.7 Å². The highest BCUT2D eigenvalue weighted by atomic mass is 19.1. The Balaban J connectivity index is 1.19. The SMILES string of the molecule is CNc1ccc(Cc2ccc([C@@H]3O[C@@H]4C[C@H]5C6C[C@H](F)C7=CC(O)C=C[C@]7(C)[C@@]6(F)C(O)CC5(C)[C@]4(C(=O)CO)O3)cc2)cc1. The molecule has 0 spiro atoms. The number of aliphatic hydroxyl groups is 3. The first kappa shape index (κ1) is 30.7. The molecule has 240 valence electrons. The normalized spacial score (nSPS) is 43.1. The summed E-state index contributed by atoms with van der Waals surface area (Å²) < 4.78 is 46.5. The molecule has 45 heavy (non-hydrogen) atoms. The summed E-state index contributed by atoms with van der Waals surface area (Å²) in [5, 5.41) is 35.2. The maximum absolute atomic E-state index is 17.6. The number of hydrogen-bond acceptors (Lipinski definition) is 7. The Kier molecular flexibility index (Phi) is 7.19. The highest BCUT2D eigenvalue weighted by Crippen LogP contribution is 2.72. The van der Waals surface area contributed by atoms with Gasteiger partial charge in [-0.1, -0.05) is 55.5 Å². The van der Waals surface area contributed by atoms with Crippen molar-refractivity contribution < 1.29 is 38.4 Å². The first-order valence-electron chi connectivity index (χ1n) is 15.8. The Hall–Kier alpha value is -2.95. The Morgan fingerprint density at radius 2 is 1.69 bits per heavy atom. The molecule has 2 aromatic rings. The van der Waals surface area contributed by atoms with Crippen molar-refractivity contribution in [3.05, 3.63) is 89.0 Å². The second kappa shape index (κ2) is 10.5. The van der Waals surface area contributed by atoms with Crippen molar-refractivity contribution in [2.45, 2.75) is 81.6 Å². The number of benzene rings is 2. The molecule has 5 aliphatic rings. The minimum atomic E-state index is -2.24. The van der Waals surface area contributed by atoms with E-state index in [0.717, 1.165) is 23.2 Å². The molecule has 7 rings (SSSR count). The number of nitrogens with one attached hydrogen (secondary N) is 1. The van der Waals surface area contributed by atoms with Gasteiger partial charge < -0.3 is 30.1 Å². The molecule has 11 atom stereocenters. The van der Waals surface area contributed by atoms with Gasteiger partial charge >= 0.3 is 0 Å². The summed E-state index contributed by atoms with van der Waals surface area (Å²) in [7, 11) is 1.88. The summed E-state index contributed by atoms with van der Waals surface area (Å²) in [6.07, 6.45) is -0.940. The topological polar surface area (TPSA) is 108 Å². The molecule has 4 aliphatic carbocycles. The van der Waals surface area contributed by atoms with Crippen molar-refractivity contribution in [3.63, 3.8) is 0 Å². The highest BCUT2D eigenvalue weighted by Gasteiger charge is 2.80. The zero-order valence-electron chi connectivity index (χ0n) is 25.8. The van der Waals surface area contributed by atoms with E-state index >= 15 is 8.78 Å². The molecule has 7 nitrogen and oxygen atoms in total. The summed E-state index contributed by atoms with van der Waals surface area (Å²) in [6.45, 7) is 2.57. The quantitative estimate of drug-likeness (QED) is 0.345. The fourth-order valence-electron chi connectivity index (χ4n) is 9.65. The lowest BCUT2D eigenvalue weighted by atomic mass is 9.44. The number of alkyl halides is 2. The lowest BCUT2D eigenvalue weighted by Crippen LogP contribution is -2.70. The van der Waals surface area contributed by atoms with E-state index in [1.165, 1.54) is 18.2 Å². The van der Waals surface area contributed by atoms with E-state index in [2.05, 4.69) is 17.4 Å². The Morgan fingerprint density at radius 1 is 1.02 bits per heavy atom. The molecule has 4 N–H and O–H groups in total. The summed E-state index contributed by atoms with van der Waals surface area (Å²) in [5.41, 5.74) is -2.37. The predicted octanol–water partition coefficient (Wildman–Crippen LogP) is 4.75. The van der Waals surface area contributed by atoms with Gasteiger partial charge in [-0.2, -0.15) is 0 Å². The van der Waals surface area contributed by atoms with Crippen molar-refractivity contribution in [3.8, 4) is 0 Å². The summed E-state index contributed by atoms with van der Waals surface area (Å²) >= 11 is 0. The van der Waals surface area contributed by atoms with E-state index in [-0.39, 0.29) is 24.8 Å². The monoisotopic (exact) mass is 621 g/mol. The summed E-state index contributed by atoms with van der Waals surface area (Å²) in [4.78, 5) is 13.7. The van der Waals surface area contributed by atoms with Crippen LogP contribution in [0.2, 0.25) is 0 Å². The van der Waals surface area contributed by atoms with Gasteiger partial charge in [-0.3, -0.25) is 4.79 Å². The van der Waals surface area contributed by atoms with Crippen LogP contribution in [0.1, 0.15) is 56.1 Å². The molecule has 3 saturated carbocycles. The van der Waals surface area contributed by atoms with Crippen LogP contribution in [0.15, 0.2) is 72.3 Å². The number of anilines is 1. The number of halogens is 2. The van der Waals surface area contributed by atoms with Gasteiger partial charge in [0.05, 0.1) is 18.3 Å². The lowest BCUT2D eigenvalue weighted by molar-refractivity contribution is -0.235. The van der Waals surface area contributed by atoms with Crippen molar-refractivity contribution in [2.24, 2.45) is 22.7 Å². The zero-order chi connectivity index (χ0) is 31.9. The minimum Gasteiger partial charge on any atom is -0.390 e. The second-order valence-electron chi connectivity index (χ2n) is 14.0. The van der Waals surface area contributed by atoms with Crippen LogP contribution < -0.4 is 5.32 Å². The Labute approximate surface area is 261 Å². The number of ether oxygens (including phenoxy) is 2. The van der Waals surface area contributed by atoms with Crippen molar-refractivity contribution in [1.29, 1.82) is 0 Å². The molecule has 0 radical (unpaired) electrons. The molecule has 2 aromatic carbocycles. The molecule has 9 heteroatoms. The smallest absolute Gasteiger partial charge is 0.193 e. The van der Waals surface area contributed by atoms with Gasteiger partial charge in [-0.15, -0.1) is 0 Å². The van der Waals surface area contributed by atoms with E-state index in [9.17, 15) is 20.1 Å². The van der Waals surface area contributed by atoms with E-state index in [0.29, 0.717) is 5.56 Å². The molecule has 0 amide bonds. The number of rotatable bonds is 6. The number of hydrogen-bond donors (Lipinski definition) is 4. The number of allylic oxidation sites excluding steroid dienone is 2. The van der Waals surface area contributed by atoms with Gasteiger partial charge in [0.1, 0.15) is 12.8 Å². The van der Waals surface area contributed by atoms with Crippen molar-refractivity contribution in [1.82, 2.24) is 0 Å². The molecule has 1 saturated heterocycles. The highest BCUT2D eigenvalue weighted by molar-refractivity contribution is 5.91. The number of fused-ring (bicyclic) bond motifs is 7. The lowest BCUT2D eigenvalue weighted by Gasteiger charge is -2.63. The van der Waals surface area contributed by atoms with E-state index < -0.39 is 77.1 Å². The average Bonchev–Trinajstić information content (AvgIpc) is 3.53. The minimum absolute atomic E-state index is 0.134. The number of ketones is 1. The number of Topliss-reactive ketones (excluding diaryl/α,β-unsaturated/α-hetero) is 1. The molecule has 0 bridgehead atoms. The fraction of sp³-hybridized carbons (Fsp3) is 0.528. The van der Waals surface area contributed by atoms with Gasteiger partial charge in [0.2, 0.25) is 0 Å². The van der Waals surface area contributed by atoms with E-state index in [4.69, 9.17) is 9.47 Å². The number of carbonyl (C=O) groups excluding carboxylic acids is 1. The zero-order valence-corrected chi connectivity index (χ0v) is 25.8. The molecule has 1 aliphatic heterocycles. The largest absolute Gasteiger partial charge is 0.390 e. The fourth-order valence-corrected chi connectivity index (χ4v) is 9.65. The van der Waals surface area contributed by atoms with Gasteiger partial charge in [-0.05, 0) is 73.4 Å². The van der Waals surface area contributed by atoms with Crippen LogP contribution in [0, 0.1) is 22.7 Å². The van der Waals surface area contributed by atoms with Crippen LogP contribution in [0.3, 0.4) is 0 Å². The molecule has 1 heterocycles. The number of aliphatic hydroxyl groups excluding tert-OH is 3. The molecule has 4 fully saturated rings. The van der Waals surface area contributed by atoms with Gasteiger partial charge in [0, 0.05) is 35.0 Å². The van der Waals surface area contributed by atoms with Crippen LogP contribution in [0.4, 0.5) is 14.5 Å².